The van der Waals surface area contributed by atoms with Crippen molar-refractivity contribution in [3.8, 4) is 0 Å². The third-order valence-corrected chi connectivity index (χ3v) is 5.42. The molecule has 3 aliphatic rings. The lowest BCUT2D eigenvalue weighted by Crippen LogP contribution is -2.42. The van der Waals surface area contributed by atoms with Gasteiger partial charge >= 0.3 is 0 Å². The molecule has 120 valence electrons. The lowest BCUT2D eigenvalue weighted by Gasteiger charge is -2.25. The number of hydrogen-bond donors (Lipinski definition) is 2. The van der Waals surface area contributed by atoms with E-state index < -0.39 is 5.60 Å². The van der Waals surface area contributed by atoms with Crippen LogP contribution in [0.4, 0.5) is 0 Å². The summed E-state index contributed by atoms with van der Waals surface area (Å²) >= 11 is 0. The van der Waals surface area contributed by atoms with Gasteiger partial charge in [-0.15, -0.1) is 0 Å². The summed E-state index contributed by atoms with van der Waals surface area (Å²) in [6, 6.07) is 0. The van der Waals surface area contributed by atoms with Crippen LogP contribution in [0.15, 0.2) is 4.99 Å². The zero-order valence-corrected chi connectivity index (χ0v) is 13.5. The van der Waals surface area contributed by atoms with Crippen LogP contribution in [0.1, 0.15) is 40.0 Å². The summed E-state index contributed by atoms with van der Waals surface area (Å²) in [6.07, 6.45) is 4.15. The molecule has 3 rings (SSSR count). The fourth-order valence-corrected chi connectivity index (χ4v) is 3.92. The van der Waals surface area contributed by atoms with Crippen LogP contribution in [0.3, 0.4) is 0 Å². The zero-order valence-electron chi connectivity index (χ0n) is 13.5. The lowest BCUT2D eigenvalue weighted by molar-refractivity contribution is 0.0648. The van der Waals surface area contributed by atoms with E-state index in [0.717, 1.165) is 32.0 Å². The third kappa shape index (κ3) is 2.90. The monoisotopic (exact) mass is 295 g/mol. The van der Waals surface area contributed by atoms with Crippen molar-refractivity contribution in [2.24, 2.45) is 16.8 Å². The second-order valence-electron chi connectivity index (χ2n) is 7.04. The van der Waals surface area contributed by atoms with Gasteiger partial charge in [0, 0.05) is 31.5 Å². The molecular weight excluding hydrogens is 266 g/mol. The minimum absolute atomic E-state index is 0.459. The largest absolute Gasteiger partial charge is 0.388 e. The molecule has 5 heteroatoms. The van der Waals surface area contributed by atoms with Gasteiger partial charge in [-0.05, 0) is 33.1 Å². The molecule has 2 bridgehead atoms. The van der Waals surface area contributed by atoms with Crippen LogP contribution >= 0.6 is 0 Å². The van der Waals surface area contributed by atoms with Gasteiger partial charge in [0.05, 0.1) is 24.4 Å². The first-order chi connectivity index (χ1) is 10.0. The zero-order chi connectivity index (χ0) is 15.0. The number of fused-ring (bicyclic) bond motifs is 5. The Morgan fingerprint density at radius 2 is 1.90 bits per heavy atom. The number of nitrogens with one attached hydrogen (secondary N) is 1. The third-order valence-electron chi connectivity index (χ3n) is 5.42. The summed E-state index contributed by atoms with van der Waals surface area (Å²) in [5.74, 6) is 2.32. The van der Waals surface area contributed by atoms with Crippen molar-refractivity contribution >= 4 is 5.96 Å². The number of nitrogens with zero attached hydrogens (tertiary/aromatic N) is 2. The van der Waals surface area contributed by atoms with Gasteiger partial charge in [-0.25, -0.2) is 0 Å². The average Bonchev–Trinajstić information content (AvgIpc) is 3.14. The lowest BCUT2D eigenvalue weighted by atomic mass is 9.82. The van der Waals surface area contributed by atoms with Gasteiger partial charge in [0.25, 0.3) is 0 Å². The van der Waals surface area contributed by atoms with E-state index in [0.29, 0.717) is 30.6 Å². The first-order valence-electron chi connectivity index (χ1n) is 8.45. The molecule has 3 saturated heterocycles. The van der Waals surface area contributed by atoms with E-state index >= 15 is 0 Å². The number of aliphatic imine (C=N–C) groups is 1. The van der Waals surface area contributed by atoms with E-state index in [9.17, 15) is 5.11 Å². The van der Waals surface area contributed by atoms with Crippen LogP contribution in [0.2, 0.25) is 0 Å². The standard InChI is InChI=1S/C16H29N3O2/c1-4-16(3,20)10-18-15(17-5-2)19-8-11-12(9-19)14-7-6-13(11)21-14/h11-14,20H,4-10H2,1-3H3,(H,17,18). The predicted octanol–water partition coefficient (Wildman–Crippen LogP) is 1.22. The fourth-order valence-electron chi connectivity index (χ4n) is 3.92. The smallest absolute Gasteiger partial charge is 0.194 e. The van der Waals surface area contributed by atoms with E-state index in [2.05, 4.69) is 22.1 Å². The van der Waals surface area contributed by atoms with Crippen molar-refractivity contribution in [1.82, 2.24) is 10.2 Å². The van der Waals surface area contributed by atoms with Gasteiger partial charge in [0.1, 0.15) is 0 Å². The maximum absolute atomic E-state index is 10.2. The minimum Gasteiger partial charge on any atom is -0.388 e. The number of aliphatic hydroxyl groups is 1. The second kappa shape index (κ2) is 5.76. The Morgan fingerprint density at radius 1 is 1.29 bits per heavy atom. The normalized spacial score (nSPS) is 37.7. The van der Waals surface area contributed by atoms with Crippen molar-refractivity contribution in [3.05, 3.63) is 0 Å². The first-order valence-corrected chi connectivity index (χ1v) is 8.45. The topological polar surface area (TPSA) is 57.1 Å². The van der Waals surface area contributed by atoms with Gasteiger partial charge in [-0.1, -0.05) is 6.92 Å². The highest BCUT2D eigenvalue weighted by molar-refractivity contribution is 5.80. The summed E-state index contributed by atoms with van der Waals surface area (Å²) < 4.78 is 6.03. The van der Waals surface area contributed by atoms with Crippen molar-refractivity contribution in [2.45, 2.75) is 57.8 Å². The molecule has 21 heavy (non-hydrogen) atoms. The Labute approximate surface area is 127 Å². The van der Waals surface area contributed by atoms with Gasteiger partial charge in [-0.2, -0.15) is 0 Å². The molecule has 0 aromatic rings. The molecule has 0 aliphatic carbocycles. The van der Waals surface area contributed by atoms with E-state index in [-0.39, 0.29) is 0 Å². The van der Waals surface area contributed by atoms with Gasteiger partial charge in [-0.3, -0.25) is 4.99 Å². The first kappa shape index (κ1) is 15.1. The number of rotatable bonds is 4. The quantitative estimate of drug-likeness (QED) is 0.605. The second-order valence-corrected chi connectivity index (χ2v) is 7.04. The van der Waals surface area contributed by atoms with Crippen molar-refractivity contribution in [1.29, 1.82) is 0 Å². The number of hydrogen-bond acceptors (Lipinski definition) is 3. The van der Waals surface area contributed by atoms with Crippen LogP contribution < -0.4 is 5.32 Å². The average molecular weight is 295 g/mol. The van der Waals surface area contributed by atoms with E-state index in [1.165, 1.54) is 12.8 Å². The van der Waals surface area contributed by atoms with Gasteiger partial charge < -0.3 is 20.1 Å². The van der Waals surface area contributed by atoms with Crippen molar-refractivity contribution < 1.29 is 9.84 Å². The molecule has 5 nitrogen and oxygen atoms in total. The van der Waals surface area contributed by atoms with Crippen molar-refractivity contribution in [2.75, 3.05) is 26.2 Å². The summed E-state index contributed by atoms with van der Waals surface area (Å²) in [5, 5.41) is 13.5. The molecule has 0 saturated carbocycles. The summed E-state index contributed by atoms with van der Waals surface area (Å²) in [4.78, 5) is 7.05. The SMILES string of the molecule is CCNC(=NCC(C)(O)CC)N1CC2C3CCC(O3)C2C1. The molecule has 5 unspecified atom stereocenters. The molecule has 2 N–H and O–H groups in total. The van der Waals surface area contributed by atoms with E-state index in [4.69, 9.17) is 4.74 Å². The maximum atomic E-state index is 10.2. The summed E-state index contributed by atoms with van der Waals surface area (Å²) in [7, 11) is 0. The molecule has 3 fully saturated rings. The maximum Gasteiger partial charge on any atom is 0.194 e. The van der Waals surface area contributed by atoms with Crippen LogP contribution in [0, 0.1) is 11.8 Å². The Bertz CT molecular complexity index is 392. The number of guanidine groups is 1. The highest BCUT2D eigenvalue weighted by Gasteiger charge is 2.53. The van der Waals surface area contributed by atoms with Crippen LogP contribution in [0.25, 0.3) is 0 Å². The highest BCUT2D eigenvalue weighted by atomic mass is 16.5. The molecule has 3 aliphatic heterocycles. The van der Waals surface area contributed by atoms with E-state index in [1.54, 1.807) is 0 Å². The Balaban J connectivity index is 1.67. The Kier molecular flexibility index (Phi) is 4.14. The molecule has 5 atom stereocenters. The number of ether oxygens (including phenoxy) is 1. The van der Waals surface area contributed by atoms with Crippen molar-refractivity contribution in [3.63, 3.8) is 0 Å². The summed E-state index contributed by atoms with van der Waals surface area (Å²) in [5.41, 5.74) is -0.710. The molecule has 0 amide bonds. The molecule has 3 heterocycles. The fraction of sp³-hybridized carbons (Fsp3) is 0.938. The Hall–Kier alpha value is -0.810. The Morgan fingerprint density at radius 3 is 2.43 bits per heavy atom. The van der Waals surface area contributed by atoms with Gasteiger partial charge in [0.15, 0.2) is 5.96 Å². The van der Waals surface area contributed by atoms with Gasteiger partial charge in [0.2, 0.25) is 0 Å². The minimum atomic E-state index is -0.710. The molecular formula is C16H29N3O2. The number of likely N-dealkylation sites (tertiary alicyclic amines) is 1. The summed E-state index contributed by atoms with van der Waals surface area (Å²) in [6.45, 7) is 9.36. The highest BCUT2D eigenvalue weighted by Crippen LogP contribution is 2.47. The molecule has 0 radical (unpaired) electrons. The predicted molar refractivity (Wildman–Crippen MR) is 83.3 cm³/mol. The van der Waals surface area contributed by atoms with Crippen LogP contribution in [-0.2, 0) is 4.74 Å². The van der Waals surface area contributed by atoms with E-state index in [1.807, 2.05) is 13.8 Å². The van der Waals surface area contributed by atoms with Crippen LogP contribution in [-0.4, -0.2) is 60.0 Å². The molecule has 0 spiro atoms. The molecule has 0 aromatic heterocycles. The van der Waals surface area contributed by atoms with Crippen LogP contribution in [0.5, 0.6) is 0 Å². The molecule has 0 aromatic carbocycles.